The van der Waals surface area contributed by atoms with Gasteiger partial charge in [0.25, 0.3) is 0 Å². The first kappa shape index (κ1) is 17.7. The second-order valence-corrected chi connectivity index (χ2v) is 6.21. The van der Waals surface area contributed by atoms with E-state index < -0.39 is 11.4 Å². The smallest absolute Gasteiger partial charge is 0.314 e. The number of nitrogens with one attached hydrogen (secondary N) is 2. The minimum Gasteiger partial charge on any atom is -0.481 e. The number of urea groups is 1. The van der Waals surface area contributed by atoms with Crippen LogP contribution in [0.1, 0.15) is 53.9 Å². The number of hydrogen-bond donors (Lipinski definition) is 3. The fourth-order valence-corrected chi connectivity index (χ4v) is 1.74. The highest BCUT2D eigenvalue weighted by Crippen LogP contribution is 2.25. The average Bonchev–Trinajstić information content (AvgIpc) is 2.29. The van der Waals surface area contributed by atoms with Gasteiger partial charge >= 0.3 is 12.0 Å². The largest absolute Gasteiger partial charge is 0.481 e. The Bertz CT molecular complexity index is 304. The van der Waals surface area contributed by atoms with Crippen LogP contribution in [0.25, 0.3) is 0 Å². The van der Waals surface area contributed by atoms with Gasteiger partial charge in [-0.3, -0.25) is 4.79 Å². The SMILES string of the molecule is CCC(CC)(CNC(=O)NCCC(C)(C)C)C(=O)O. The third-order valence-electron chi connectivity index (χ3n) is 3.56. The normalized spacial score (nSPS) is 12.1. The van der Waals surface area contributed by atoms with Crippen LogP contribution in [0.15, 0.2) is 0 Å². The minimum absolute atomic E-state index is 0.163. The van der Waals surface area contributed by atoms with Crippen molar-refractivity contribution in [1.29, 1.82) is 0 Å². The van der Waals surface area contributed by atoms with Gasteiger partial charge in [-0.25, -0.2) is 4.79 Å². The van der Waals surface area contributed by atoms with E-state index in [-0.39, 0.29) is 18.0 Å². The molecule has 112 valence electrons. The first-order chi connectivity index (χ1) is 8.67. The summed E-state index contributed by atoms with van der Waals surface area (Å²) in [6.07, 6.45) is 1.88. The molecule has 0 fully saturated rings. The Morgan fingerprint density at radius 1 is 1.05 bits per heavy atom. The molecule has 5 nitrogen and oxygen atoms in total. The Morgan fingerprint density at radius 3 is 1.95 bits per heavy atom. The summed E-state index contributed by atoms with van der Waals surface area (Å²) in [5.41, 5.74) is -0.688. The zero-order valence-corrected chi connectivity index (χ0v) is 12.8. The molecule has 0 saturated carbocycles. The lowest BCUT2D eigenvalue weighted by atomic mass is 9.82. The van der Waals surface area contributed by atoms with Crippen molar-refractivity contribution in [2.75, 3.05) is 13.1 Å². The van der Waals surface area contributed by atoms with E-state index in [4.69, 9.17) is 0 Å². The highest BCUT2D eigenvalue weighted by atomic mass is 16.4. The third kappa shape index (κ3) is 6.45. The van der Waals surface area contributed by atoms with Crippen LogP contribution in [0.4, 0.5) is 4.79 Å². The second-order valence-electron chi connectivity index (χ2n) is 6.21. The molecular weight excluding hydrogens is 244 g/mol. The number of carbonyl (C=O) groups excluding carboxylic acids is 1. The number of carboxylic acid groups (broad SMARTS) is 1. The van der Waals surface area contributed by atoms with Gasteiger partial charge in [0.05, 0.1) is 5.41 Å². The summed E-state index contributed by atoms with van der Waals surface area (Å²) in [5, 5.41) is 14.7. The summed E-state index contributed by atoms with van der Waals surface area (Å²) in [6.45, 7) is 10.7. The molecule has 0 bridgehead atoms. The van der Waals surface area contributed by atoms with Gasteiger partial charge in [-0.2, -0.15) is 0 Å². The molecule has 0 aliphatic heterocycles. The van der Waals surface area contributed by atoms with E-state index in [1.807, 2.05) is 13.8 Å². The summed E-state index contributed by atoms with van der Waals surface area (Å²) in [4.78, 5) is 22.9. The topological polar surface area (TPSA) is 78.4 Å². The monoisotopic (exact) mass is 272 g/mol. The fraction of sp³-hybridized carbons (Fsp3) is 0.857. The number of carboxylic acids is 1. The van der Waals surface area contributed by atoms with Gasteiger partial charge in [0.15, 0.2) is 0 Å². The van der Waals surface area contributed by atoms with Crippen LogP contribution in [-0.2, 0) is 4.79 Å². The van der Waals surface area contributed by atoms with Crippen LogP contribution in [-0.4, -0.2) is 30.2 Å². The molecular formula is C14H28N2O3. The molecule has 0 aromatic carbocycles. The molecule has 19 heavy (non-hydrogen) atoms. The first-order valence-electron chi connectivity index (χ1n) is 6.92. The van der Waals surface area contributed by atoms with Gasteiger partial charge in [0.2, 0.25) is 0 Å². The van der Waals surface area contributed by atoms with E-state index in [0.717, 1.165) is 6.42 Å². The highest BCUT2D eigenvalue weighted by Gasteiger charge is 2.35. The van der Waals surface area contributed by atoms with Crippen molar-refractivity contribution in [1.82, 2.24) is 10.6 Å². The number of aliphatic carboxylic acids is 1. The van der Waals surface area contributed by atoms with Gasteiger partial charge in [0, 0.05) is 13.1 Å². The molecule has 2 amide bonds. The molecule has 0 aromatic rings. The van der Waals surface area contributed by atoms with E-state index in [0.29, 0.717) is 19.4 Å². The van der Waals surface area contributed by atoms with Crippen molar-refractivity contribution in [3.8, 4) is 0 Å². The van der Waals surface area contributed by atoms with E-state index in [1.165, 1.54) is 0 Å². The van der Waals surface area contributed by atoms with Crippen LogP contribution >= 0.6 is 0 Å². The van der Waals surface area contributed by atoms with E-state index in [2.05, 4.69) is 31.4 Å². The predicted molar refractivity (Wildman–Crippen MR) is 76.1 cm³/mol. The lowest BCUT2D eigenvalue weighted by Crippen LogP contribution is -2.46. The summed E-state index contributed by atoms with van der Waals surface area (Å²) < 4.78 is 0. The van der Waals surface area contributed by atoms with Gasteiger partial charge in [0.1, 0.15) is 0 Å². The number of amides is 2. The molecule has 0 spiro atoms. The van der Waals surface area contributed by atoms with Crippen LogP contribution in [0.3, 0.4) is 0 Å². The van der Waals surface area contributed by atoms with Crippen molar-refractivity contribution in [2.45, 2.75) is 53.9 Å². The zero-order valence-electron chi connectivity index (χ0n) is 12.8. The number of hydrogen-bond acceptors (Lipinski definition) is 2. The Labute approximate surface area is 116 Å². The third-order valence-corrected chi connectivity index (χ3v) is 3.56. The van der Waals surface area contributed by atoms with Crippen molar-refractivity contribution >= 4 is 12.0 Å². The second kappa shape index (κ2) is 7.36. The molecule has 0 aromatic heterocycles. The van der Waals surface area contributed by atoms with Crippen LogP contribution in [0.2, 0.25) is 0 Å². The van der Waals surface area contributed by atoms with Gasteiger partial charge < -0.3 is 15.7 Å². The molecule has 0 atom stereocenters. The van der Waals surface area contributed by atoms with Crippen molar-refractivity contribution in [3.63, 3.8) is 0 Å². The number of rotatable bonds is 7. The Kier molecular flexibility index (Phi) is 6.87. The van der Waals surface area contributed by atoms with Crippen LogP contribution in [0, 0.1) is 10.8 Å². The zero-order chi connectivity index (χ0) is 15.1. The van der Waals surface area contributed by atoms with Crippen molar-refractivity contribution < 1.29 is 14.7 Å². The maximum absolute atomic E-state index is 11.6. The molecule has 5 heteroatoms. The highest BCUT2D eigenvalue weighted by molar-refractivity contribution is 5.78. The number of carbonyl (C=O) groups is 2. The molecule has 0 rings (SSSR count). The molecule has 0 saturated heterocycles. The summed E-state index contributed by atoms with van der Waals surface area (Å²) in [6, 6.07) is -0.295. The van der Waals surface area contributed by atoms with E-state index >= 15 is 0 Å². The Balaban J connectivity index is 4.17. The van der Waals surface area contributed by atoms with Crippen molar-refractivity contribution in [3.05, 3.63) is 0 Å². The Hall–Kier alpha value is -1.26. The molecule has 0 unspecified atom stereocenters. The van der Waals surface area contributed by atoms with Gasteiger partial charge in [-0.1, -0.05) is 34.6 Å². The van der Waals surface area contributed by atoms with E-state index in [1.54, 1.807) is 0 Å². The average molecular weight is 272 g/mol. The molecule has 0 aliphatic carbocycles. The summed E-state index contributed by atoms with van der Waals surface area (Å²) in [5.74, 6) is -0.854. The quantitative estimate of drug-likeness (QED) is 0.666. The summed E-state index contributed by atoms with van der Waals surface area (Å²) >= 11 is 0. The molecule has 3 N–H and O–H groups in total. The maximum atomic E-state index is 11.6. The molecule has 0 radical (unpaired) electrons. The lowest BCUT2D eigenvalue weighted by Gasteiger charge is -2.27. The Morgan fingerprint density at radius 2 is 1.58 bits per heavy atom. The lowest BCUT2D eigenvalue weighted by molar-refractivity contribution is -0.149. The van der Waals surface area contributed by atoms with Gasteiger partial charge in [-0.05, 0) is 24.7 Å². The van der Waals surface area contributed by atoms with Crippen LogP contribution in [0.5, 0.6) is 0 Å². The minimum atomic E-state index is -0.860. The first-order valence-corrected chi connectivity index (χ1v) is 6.92. The molecule has 0 heterocycles. The van der Waals surface area contributed by atoms with Crippen molar-refractivity contribution in [2.24, 2.45) is 10.8 Å². The predicted octanol–water partition coefficient (Wildman–Crippen LogP) is 2.61. The van der Waals surface area contributed by atoms with Crippen LogP contribution < -0.4 is 10.6 Å². The fourth-order valence-electron chi connectivity index (χ4n) is 1.74. The van der Waals surface area contributed by atoms with E-state index in [9.17, 15) is 14.7 Å². The van der Waals surface area contributed by atoms with Gasteiger partial charge in [-0.15, -0.1) is 0 Å². The summed E-state index contributed by atoms with van der Waals surface area (Å²) in [7, 11) is 0. The maximum Gasteiger partial charge on any atom is 0.314 e. The molecule has 0 aliphatic rings. The standard InChI is InChI=1S/C14H28N2O3/c1-6-14(7-2,11(17)18)10-16-12(19)15-9-8-13(3,4)5/h6-10H2,1-5H3,(H,17,18)(H2,15,16,19).